The Balaban J connectivity index is 1.77. The van der Waals surface area contributed by atoms with E-state index < -0.39 is 0 Å². The molecule has 0 radical (unpaired) electrons. The van der Waals surface area contributed by atoms with Crippen molar-refractivity contribution in [2.75, 3.05) is 11.9 Å². The maximum atomic E-state index is 11.7. The average molecular weight is 372 g/mol. The van der Waals surface area contributed by atoms with Crippen LogP contribution in [-0.4, -0.2) is 18.7 Å². The molecule has 5 heteroatoms. The average Bonchev–Trinajstić information content (AvgIpc) is 2.55. The lowest BCUT2D eigenvalue weighted by Gasteiger charge is -2.05. The molecule has 2 N–H and O–H groups in total. The summed E-state index contributed by atoms with van der Waals surface area (Å²) < 4.78 is 0.774. The van der Waals surface area contributed by atoms with Crippen LogP contribution in [0.1, 0.15) is 11.1 Å². The van der Waals surface area contributed by atoms with Crippen molar-refractivity contribution in [1.29, 1.82) is 0 Å². The molecule has 0 aliphatic rings. The van der Waals surface area contributed by atoms with Crippen LogP contribution in [0.25, 0.3) is 6.08 Å². The Labute approximate surface area is 144 Å². The maximum absolute atomic E-state index is 11.7. The number of anilines is 1. The summed E-state index contributed by atoms with van der Waals surface area (Å²) >= 11 is 3.39. The number of nitrogens with zero attached hydrogens (tertiary/aromatic N) is 1. The van der Waals surface area contributed by atoms with E-state index in [-0.39, 0.29) is 12.5 Å². The SMILES string of the molecule is Cc1ccc(NCC(=O)NN=C/C(Br)=C/c2ccccc2)cc1. The van der Waals surface area contributed by atoms with Gasteiger partial charge in [0, 0.05) is 10.2 Å². The van der Waals surface area contributed by atoms with Crippen LogP contribution in [0.2, 0.25) is 0 Å². The molecule has 0 atom stereocenters. The summed E-state index contributed by atoms with van der Waals surface area (Å²) in [6.07, 6.45) is 3.47. The molecule has 1 amide bonds. The summed E-state index contributed by atoms with van der Waals surface area (Å²) in [6.45, 7) is 2.19. The van der Waals surface area contributed by atoms with Gasteiger partial charge in [-0.15, -0.1) is 0 Å². The summed E-state index contributed by atoms with van der Waals surface area (Å²) in [5, 5.41) is 6.95. The van der Waals surface area contributed by atoms with Gasteiger partial charge >= 0.3 is 0 Å². The van der Waals surface area contributed by atoms with Crippen molar-refractivity contribution in [3.63, 3.8) is 0 Å². The van der Waals surface area contributed by atoms with Crippen molar-refractivity contribution in [1.82, 2.24) is 5.43 Å². The minimum Gasteiger partial charge on any atom is -0.376 e. The molecule has 2 rings (SSSR count). The zero-order valence-corrected chi connectivity index (χ0v) is 14.4. The fraction of sp³-hybridized carbons (Fsp3) is 0.111. The number of aryl methyl sites for hydroxylation is 1. The molecule has 0 fully saturated rings. The van der Waals surface area contributed by atoms with Gasteiger partial charge in [0.1, 0.15) is 0 Å². The molecule has 0 aliphatic carbocycles. The Morgan fingerprint density at radius 1 is 1.13 bits per heavy atom. The molecule has 0 spiro atoms. The van der Waals surface area contributed by atoms with E-state index in [1.165, 1.54) is 5.56 Å². The second kappa shape index (κ2) is 8.90. The summed E-state index contributed by atoms with van der Waals surface area (Å²) in [6, 6.07) is 17.7. The van der Waals surface area contributed by atoms with Gasteiger partial charge in [0.15, 0.2) is 0 Å². The molecule has 4 nitrogen and oxygen atoms in total. The van der Waals surface area contributed by atoms with E-state index in [0.717, 1.165) is 15.7 Å². The van der Waals surface area contributed by atoms with E-state index in [0.29, 0.717) is 0 Å². The minimum atomic E-state index is -0.207. The van der Waals surface area contributed by atoms with Crippen LogP contribution in [0.5, 0.6) is 0 Å². The smallest absolute Gasteiger partial charge is 0.259 e. The number of benzene rings is 2. The number of hydrogen-bond donors (Lipinski definition) is 2. The van der Waals surface area contributed by atoms with E-state index in [4.69, 9.17) is 0 Å². The highest BCUT2D eigenvalue weighted by Gasteiger charge is 1.99. The van der Waals surface area contributed by atoms with Gasteiger partial charge in [-0.3, -0.25) is 4.79 Å². The molecule has 2 aromatic carbocycles. The molecule has 0 unspecified atom stereocenters. The highest BCUT2D eigenvalue weighted by molar-refractivity contribution is 9.12. The van der Waals surface area contributed by atoms with Gasteiger partial charge in [0.25, 0.3) is 5.91 Å². The van der Waals surface area contributed by atoms with Crippen molar-refractivity contribution in [3.05, 3.63) is 70.2 Å². The molecule has 0 saturated heterocycles. The molecule has 23 heavy (non-hydrogen) atoms. The van der Waals surface area contributed by atoms with Gasteiger partial charge in [-0.05, 0) is 46.6 Å². The number of hydrazone groups is 1. The first-order valence-electron chi connectivity index (χ1n) is 7.18. The predicted octanol–water partition coefficient (Wildman–Crippen LogP) is 3.94. The van der Waals surface area contributed by atoms with Crippen molar-refractivity contribution in [3.8, 4) is 0 Å². The zero-order valence-electron chi connectivity index (χ0n) is 12.8. The number of amides is 1. The highest BCUT2D eigenvalue weighted by Crippen LogP contribution is 2.10. The Kier molecular flexibility index (Phi) is 6.56. The number of halogens is 1. The molecular weight excluding hydrogens is 354 g/mol. The lowest BCUT2D eigenvalue weighted by atomic mass is 10.2. The zero-order chi connectivity index (χ0) is 16.5. The monoisotopic (exact) mass is 371 g/mol. The van der Waals surface area contributed by atoms with Gasteiger partial charge in [-0.1, -0.05) is 48.0 Å². The third-order valence-corrected chi connectivity index (χ3v) is 3.42. The Morgan fingerprint density at radius 2 is 1.83 bits per heavy atom. The van der Waals surface area contributed by atoms with Gasteiger partial charge in [0.2, 0.25) is 0 Å². The number of rotatable bonds is 6. The van der Waals surface area contributed by atoms with Gasteiger partial charge < -0.3 is 5.32 Å². The van der Waals surface area contributed by atoms with Crippen LogP contribution in [-0.2, 0) is 4.79 Å². The van der Waals surface area contributed by atoms with Crippen LogP contribution < -0.4 is 10.7 Å². The quantitative estimate of drug-likeness (QED) is 0.596. The first-order chi connectivity index (χ1) is 11.1. The van der Waals surface area contributed by atoms with Crippen molar-refractivity contribution < 1.29 is 4.79 Å². The van der Waals surface area contributed by atoms with E-state index >= 15 is 0 Å². The molecule has 0 bridgehead atoms. The number of nitrogens with one attached hydrogen (secondary N) is 2. The van der Waals surface area contributed by atoms with Crippen LogP contribution in [0.4, 0.5) is 5.69 Å². The topological polar surface area (TPSA) is 53.5 Å². The van der Waals surface area contributed by atoms with Gasteiger partial charge in [-0.25, -0.2) is 5.43 Å². The Bertz CT molecular complexity index is 694. The molecular formula is C18H18BrN3O. The Morgan fingerprint density at radius 3 is 2.52 bits per heavy atom. The second-order valence-corrected chi connectivity index (χ2v) is 5.87. The maximum Gasteiger partial charge on any atom is 0.259 e. The molecule has 0 saturated carbocycles. The van der Waals surface area contributed by atoms with Crippen molar-refractivity contribution >= 4 is 39.8 Å². The third kappa shape index (κ3) is 6.48. The first-order valence-corrected chi connectivity index (χ1v) is 7.97. The Hall–Kier alpha value is -2.40. The fourth-order valence-corrected chi connectivity index (χ4v) is 2.17. The molecule has 0 aliphatic heterocycles. The van der Waals surface area contributed by atoms with Gasteiger partial charge in [0.05, 0.1) is 12.8 Å². The lowest BCUT2D eigenvalue weighted by molar-refractivity contribution is -0.119. The number of carbonyl (C=O) groups is 1. The number of allylic oxidation sites excluding steroid dienone is 1. The standard InChI is InChI=1S/C18H18BrN3O/c1-14-7-9-17(10-8-14)20-13-18(23)22-21-12-16(19)11-15-5-3-2-4-6-15/h2-12,20H,13H2,1H3,(H,22,23)/b16-11-,21-12?. The molecule has 118 valence electrons. The van der Waals surface area contributed by atoms with E-state index in [2.05, 4.69) is 31.8 Å². The normalized spacial score (nSPS) is 11.5. The van der Waals surface area contributed by atoms with Crippen molar-refractivity contribution in [2.45, 2.75) is 6.92 Å². The van der Waals surface area contributed by atoms with Crippen LogP contribution in [0.3, 0.4) is 0 Å². The molecule has 0 heterocycles. The van der Waals surface area contributed by atoms with Gasteiger partial charge in [-0.2, -0.15) is 5.10 Å². The third-order valence-electron chi connectivity index (χ3n) is 2.99. The van der Waals surface area contributed by atoms with Crippen LogP contribution >= 0.6 is 15.9 Å². The first kappa shape index (κ1) is 17.0. The van der Waals surface area contributed by atoms with Crippen molar-refractivity contribution in [2.24, 2.45) is 5.10 Å². The summed E-state index contributed by atoms with van der Waals surface area (Å²) in [5.74, 6) is -0.207. The number of hydrogen-bond acceptors (Lipinski definition) is 3. The fourth-order valence-electron chi connectivity index (χ4n) is 1.80. The van der Waals surface area contributed by atoms with Crippen LogP contribution in [0, 0.1) is 6.92 Å². The minimum absolute atomic E-state index is 0.167. The highest BCUT2D eigenvalue weighted by atomic mass is 79.9. The molecule has 2 aromatic rings. The van der Waals surface area contributed by atoms with E-state index in [9.17, 15) is 4.79 Å². The number of carbonyl (C=O) groups excluding carboxylic acids is 1. The van der Waals surface area contributed by atoms with Crippen LogP contribution in [0.15, 0.2) is 64.2 Å². The molecule has 0 aromatic heterocycles. The largest absolute Gasteiger partial charge is 0.376 e. The van der Waals surface area contributed by atoms with E-state index in [1.807, 2.05) is 67.6 Å². The second-order valence-electron chi connectivity index (χ2n) is 4.95. The lowest BCUT2D eigenvalue weighted by Crippen LogP contribution is -2.25. The van der Waals surface area contributed by atoms with E-state index in [1.54, 1.807) is 6.21 Å². The summed E-state index contributed by atoms with van der Waals surface area (Å²) in [5.41, 5.74) is 5.61. The predicted molar refractivity (Wildman–Crippen MR) is 99.6 cm³/mol. The summed E-state index contributed by atoms with van der Waals surface area (Å²) in [4.78, 5) is 11.7. The summed E-state index contributed by atoms with van der Waals surface area (Å²) in [7, 11) is 0.